The number of aliphatic hydroxyl groups is 1. The number of hydrogen-bond acceptors (Lipinski definition) is 3. The van der Waals surface area contributed by atoms with Crippen molar-refractivity contribution >= 4 is 10.1 Å². The van der Waals surface area contributed by atoms with Gasteiger partial charge in [0, 0.05) is 0 Å². The third-order valence-electron chi connectivity index (χ3n) is 6.85. The first kappa shape index (κ1) is 32.9. The van der Waals surface area contributed by atoms with E-state index in [4.69, 9.17) is 4.55 Å². The average molecular weight is 491 g/mol. The van der Waals surface area contributed by atoms with Crippen LogP contribution in [0.4, 0.5) is 0 Å². The third-order valence-corrected chi connectivity index (χ3v) is 7.60. The fourth-order valence-corrected chi connectivity index (χ4v) is 5.16. The molecule has 0 aliphatic heterocycles. The predicted octanol–water partition coefficient (Wildman–Crippen LogP) is 9.01. The molecule has 1 unspecified atom stereocenters. The summed E-state index contributed by atoms with van der Waals surface area (Å²) < 4.78 is 30.0. The van der Waals surface area contributed by atoms with Gasteiger partial charge in [-0.2, -0.15) is 8.42 Å². The zero-order valence-corrected chi connectivity index (χ0v) is 22.9. The van der Waals surface area contributed by atoms with Gasteiger partial charge in [-0.3, -0.25) is 4.55 Å². The highest BCUT2D eigenvalue weighted by Crippen LogP contribution is 2.16. The van der Waals surface area contributed by atoms with Crippen LogP contribution in [-0.4, -0.2) is 29.9 Å². The second-order valence-electron chi connectivity index (χ2n) is 10.3. The van der Waals surface area contributed by atoms with E-state index < -0.39 is 16.2 Å². The molecular formula is C28H58O4S. The summed E-state index contributed by atoms with van der Waals surface area (Å²) in [5, 5.41) is 9.71. The van der Waals surface area contributed by atoms with E-state index in [2.05, 4.69) is 6.92 Å². The van der Waals surface area contributed by atoms with Crippen molar-refractivity contribution in [1.82, 2.24) is 0 Å². The molecule has 0 aromatic carbocycles. The van der Waals surface area contributed by atoms with Gasteiger partial charge in [-0.1, -0.05) is 155 Å². The molecule has 0 radical (unpaired) electrons. The number of rotatable bonds is 27. The van der Waals surface area contributed by atoms with Crippen molar-refractivity contribution in [1.29, 1.82) is 0 Å². The van der Waals surface area contributed by atoms with Crippen molar-refractivity contribution in [2.24, 2.45) is 0 Å². The minimum atomic E-state index is -3.95. The van der Waals surface area contributed by atoms with E-state index in [0.717, 1.165) is 12.8 Å². The highest BCUT2D eigenvalue weighted by molar-refractivity contribution is 7.85. The second kappa shape index (κ2) is 25.0. The zero-order chi connectivity index (χ0) is 24.5. The fourth-order valence-electron chi connectivity index (χ4n) is 4.59. The first-order valence-electron chi connectivity index (χ1n) is 14.6. The summed E-state index contributed by atoms with van der Waals surface area (Å²) in [6.45, 7) is 2.29. The average Bonchev–Trinajstić information content (AvgIpc) is 2.77. The second-order valence-corrected chi connectivity index (χ2v) is 11.9. The summed E-state index contributed by atoms with van der Waals surface area (Å²) in [6, 6.07) is 0. The molecule has 0 spiro atoms. The maximum Gasteiger partial charge on any atom is 0.264 e. The Morgan fingerprint density at radius 1 is 0.485 bits per heavy atom. The van der Waals surface area contributed by atoms with E-state index in [0.29, 0.717) is 6.42 Å². The molecule has 0 heterocycles. The van der Waals surface area contributed by atoms with Crippen LogP contribution < -0.4 is 0 Å². The highest BCUT2D eigenvalue weighted by Gasteiger charge is 2.10. The molecule has 2 N–H and O–H groups in total. The molecule has 0 bridgehead atoms. The van der Waals surface area contributed by atoms with Crippen LogP contribution in [0.25, 0.3) is 0 Å². The van der Waals surface area contributed by atoms with E-state index in [1.165, 1.54) is 135 Å². The summed E-state index contributed by atoms with van der Waals surface area (Å²) in [7, 11) is -3.95. The Labute approximate surface area is 207 Å². The van der Waals surface area contributed by atoms with E-state index in [9.17, 15) is 13.5 Å². The summed E-state index contributed by atoms with van der Waals surface area (Å²) in [4.78, 5) is 0. The van der Waals surface area contributed by atoms with Crippen molar-refractivity contribution in [3.05, 3.63) is 0 Å². The zero-order valence-electron chi connectivity index (χ0n) is 22.1. The van der Waals surface area contributed by atoms with E-state index in [1.807, 2.05) is 0 Å². The van der Waals surface area contributed by atoms with Gasteiger partial charge < -0.3 is 5.11 Å². The van der Waals surface area contributed by atoms with E-state index in [-0.39, 0.29) is 12.2 Å². The predicted molar refractivity (Wildman–Crippen MR) is 144 cm³/mol. The van der Waals surface area contributed by atoms with Crippen LogP contribution in [0, 0.1) is 0 Å². The molecular weight excluding hydrogens is 432 g/mol. The van der Waals surface area contributed by atoms with Gasteiger partial charge in [0.25, 0.3) is 10.1 Å². The minimum Gasteiger partial charge on any atom is -0.393 e. The SMILES string of the molecule is CCCCCCCCCCCCCCCCCCCCCCCCCC(O)CCS(=O)(=O)O. The molecule has 0 fully saturated rings. The summed E-state index contributed by atoms with van der Waals surface area (Å²) in [5.74, 6) is -0.340. The third kappa shape index (κ3) is 29.8. The quantitative estimate of drug-likeness (QED) is 0.0889. The first-order chi connectivity index (χ1) is 16.0. The maximum absolute atomic E-state index is 10.7. The monoisotopic (exact) mass is 490 g/mol. The lowest BCUT2D eigenvalue weighted by Gasteiger charge is -2.09. The molecule has 5 heteroatoms. The number of hydrogen-bond donors (Lipinski definition) is 2. The first-order valence-corrected chi connectivity index (χ1v) is 16.2. The Bertz CT molecular complexity index is 478. The lowest BCUT2D eigenvalue weighted by molar-refractivity contribution is 0.156. The Morgan fingerprint density at radius 2 is 0.758 bits per heavy atom. The topological polar surface area (TPSA) is 74.6 Å². The largest absolute Gasteiger partial charge is 0.393 e. The fraction of sp³-hybridized carbons (Fsp3) is 1.00. The molecule has 1 atom stereocenters. The molecule has 0 saturated heterocycles. The molecule has 0 rings (SSSR count). The summed E-state index contributed by atoms with van der Waals surface area (Å²) in [6.07, 6.45) is 31.5. The van der Waals surface area contributed by atoms with Crippen LogP contribution in [-0.2, 0) is 10.1 Å². The maximum atomic E-state index is 10.7. The molecule has 0 amide bonds. The number of aliphatic hydroxyl groups excluding tert-OH is 1. The molecule has 200 valence electrons. The van der Waals surface area contributed by atoms with Gasteiger partial charge in [-0.25, -0.2) is 0 Å². The van der Waals surface area contributed by atoms with Crippen LogP contribution in [0.15, 0.2) is 0 Å². The normalized spacial score (nSPS) is 12.9. The van der Waals surface area contributed by atoms with Gasteiger partial charge in [0.2, 0.25) is 0 Å². The minimum absolute atomic E-state index is 0.137. The van der Waals surface area contributed by atoms with Gasteiger partial charge in [0.1, 0.15) is 0 Å². The molecule has 0 aromatic heterocycles. The molecule has 0 aromatic rings. The van der Waals surface area contributed by atoms with Crippen LogP contribution >= 0.6 is 0 Å². The Balaban J connectivity index is 3.12. The van der Waals surface area contributed by atoms with Crippen molar-refractivity contribution in [2.45, 2.75) is 174 Å². The lowest BCUT2D eigenvalue weighted by Crippen LogP contribution is -2.14. The van der Waals surface area contributed by atoms with E-state index >= 15 is 0 Å². The highest BCUT2D eigenvalue weighted by atomic mass is 32.2. The van der Waals surface area contributed by atoms with Gasteiger partial charge in [-0.05, 0) is 12.8 Å². The van der Waals surface area contributed by atoms with E-state index in [1.54, 1.807) is 0 Å². The van der Waals surface area contributed by atoms with Crippen LogP contribution in [0.2, 0.25) is 0 Å². The van der Waals surface area contributed by atoms with Gasteiger partial charge in [0.15, 0.2) is 0 Å². The Kier molecular flexibility index (Phi) is 24.9. The number of unbranched alkanes of at least 4 members (excludes halogenated alkanes) is 22. The Hall–Kier alpha value is -0.130. The van der Waals surface area contributed by atoms with Crippen molar-refractivity contribution < 1.29 is 18.1 Å². The summed E-state index contributed by atoms with van der Waals surface area (Å²) in [5.41, 5.74) is 0. The summed E-state index contributed by atoms with van der Waals surface area (Å²) >= 11 is 0. The van der Waals surface area contributed by atoms with Crippen molar-refractivity contribution in [2.75, 3.05) is 5.75 Å². The smallest absolute Gasteiger partial charge is 0.264 e. The van der Waals surface area contributed by atoms with Crippen LogP contribution in [0.3, 0.4) is 0 Å². The van der Waals surface area contributed by atoms with Gasteiger partial charge in [0.05, 0.1) is 11.9 Å². The van der Waals surface area contributed by atoms with Crippen LogP contribution in [0.5, 0.6) is 0 Å². The molecule has 4 nitrogen and oxygen atoms in total. The lowest BCUT2D eigenvalue weighted by atomic mass is 10.0. The van der Waals surface area contributed by atoms with Gasteiger partial charge in [-0.15, -0.1) is 0 Å². The molecule has 0 aliphatic rings. The molecule has 0 aliphatic carbocycles. The van der Waals surface area contributed by atoms with Crippen molar-refractivity contribution in [3.63, 3.8) is 0 Å². The Morgan fingerprint density at radius 3 is 1.03 bits per heavy atom. The standard InChI is InChI=1S/C28H58O4S/c1-2-3-4-5-6-7-8-9-10-11-12-13-14-15-16-17-18-19-20-21-22-23-24-25-28(29)26-27-33(30,31)32/h28-29H,2-27H2,1H3,(H,30,31,32). The van der Waals surface area contributed by atoms with Crippen molar-refractivity contribution in [3.8, 4) is 0 Å². The van der Waals surface area contributed by atoms with Crippen LogP contribution in [0.1, 0.15) is 167 Å². The molecule has 33 heavy (non-hydrogen) atoms. The molecule has 0 saturated carbocycles. The van der Waals surface area contributed by atoms with Gasteiger partial charge >= 0.3 is 0 Å².